The van der Waals surface area contributed by atoms with Crippen LogP contribution in [0.5, 0.6) is 11.6 Å². The van der Waals surface area contributed by atoms with Crippen molar-refractivity contribution in [1.29, 1.82) is 0 Å². The van der Waals surface area contributed by atoms with Gasteiger partial charge in [0.15, 0.2) is 0 Å². The summed E-state index contributed by atoms with van der Waals surface area (Å²) in [4.78, 5) is 20.8. The fourth-order valence-corrected chi connectivity index (χ4v) is 3.06. The van der Waals surface area contributed by atoms with Crippen molar-refractivity contribution in [3.63, 3.8) is 0 Å². The number of likely N-dealkylation sites (tertiary alicyclic amines) is 1. The lowest BCUT2D eigenvalue weighted by atomic mass is 10.1. The van der Waals surface area contributed by atoms with Crippen LogP contribution in [0, 0.1) is 0 Å². The van der Waals surface area contributed by atoms with Gasteiger partial charge in [-0.2, -0.15) is 13.2 Å². The van der Waals surface area contributed by atoms with Crippen molar-refractivity contribution in [1.82, 2.24) is 14.9 Å². The largest absolute Gasteiger partial charge is 0.497 e. The number of nitrogens with one attached hydrogen (secondary N) is 1. The van der Waals surface area contributed by atoms with E-state index in [1.807, 2.05) is 6.07 Å². The predicted molar refractivity (Wildman–Crippen MR) is 94.4 cm³/mol. The molecule has 0 bridgehead atoms. The van der Waals surface area contributed by atoms with Gasteiger partial charge in [0.05, 0.1) is 20.2 Å². The Balaban J connectivity index is 1.42. The maximum atomic E-state index is 13.0. The number of ether oxygens (including phenoxy) is 2. The maximum Gasteiger partial charge on any atom is 0.421 e. The molecule has 28 heavy (non-hydrogen) atoms. The number of alkyl halides is 3. The number of amides is 1. The fraction of sp³-hybridized carbons (Fsp3) is 0.263. The van der Waals surface area contributed by atoms with Gasteiger partial charge in [-0.25, -0.2) is 4.98 Å². The number of aromatic nitrogens is 2. The third-order valence-corrected chi connectivity index (χ3v) is 4.55. The molecular weight excluding hydrogens is 375 g/mol. The van der Waals surface area contributed by atoms with E-state index in [2.05, 4.69) is 9.97 Å². The number of carbonyl (C=O) groups excluding carboxylic acids is 1. The van der Waals surface area contributed by atoms with Gasteiger partial charge < -0.3 is 19.4 Å². The molecule has 3 heterocycles. The minimum atomic E-state index is -4.55. The topological polar surface area (TPSA) is 67.4 Å². The average Bonchev–Trinajstić information content (AvgIpc) is 3.06. The highest BCUT2D eigenvalue weighted by Crippen LogP contribution is 2.35. The Morgan fingerprint density at radius 3 is 2.75 bits per heavy atom. The van der Waals surface area contributed by atoms with Gasteiger partial charge in [0.25, 0.3) is 5.91 Å². The number of methoxy groups -OCH3 is 1. The summed E-state index contributed by atoms with van der Waals surface area (Å²) in [6.07, 6.45) is -3.84. The molecule has 1 aliphatic heterocycles. The Hall–Kier alpha value is -3.23. The first-order valence-corrected chi connectivity index (χ1v) is 8.50. The van der Waals surface area contributed by atoms with E-state index in [-0.39, 0.29) is 19.0 Å². The highest BCUT2D eigenvalue weighted by molar-refractivity contribution is 5.98. The molecule has 1 fully saturated rings. The molecule has 4 rings (SSSR count). The Bertz CT molecular complexity index is 1030. The van der Waals surface area contributed by atoms with E-state index in [4.69, 9.17) is 9.47 Å². The lowest BCUT2D eigenvalue weighted by molar-refractivity contribution is -0.140. The van der Waals surface area contributed by atoms with Crippen LogP contribution in [-0.4, -0.2) is 47.1 Å². The molecule has 3 aromatic rings. The number of carbonyl (C=O) groups is 1. The van der Waals surface area contributed by atoms with E-state index in [9.17, 15) is 18.0 Å². The van der Waals surface area contributed by atoms with Crippen LogP contribution in [0.25, 0.3) is 10.9 Å². The van der Waals surface area contributed by atoms with E-state index in [1.165, 1.54) is 17.2 Å². The first-order valence-electron chi connectivity index (χ1n) is 8.50. The van der Waals surface area contributed by atoms with Crippen LogP contribution in [0.3, 0.4) is 0 Å². The van der Waals surface area contributed by atoms with Crippen molar-refractivity contribution in [2.75, 3.05) is 20.2 Å². The number of halogens is 3. The summed E-state index contributed by atoms with van der Waals surface area (Å²) in [5.41, 5.74) is 0.235. The number of rotatable bonds is 4. The van der Waals surface area contributed by atoms with Gasteiger partial charge in [0.1, 0.15) is 23.1 Å². The summed E-state index contributed by atoms with van der Waals surface area (Å²) in [6, 6.07) is 9.27. The minimum Gasteiger partial charge on any atom is -0.497 e. The van der Waals surface area contributed by atoms with Crippen LogP contribution in [0.4, 0.5) is 13.2 Å². The third kappa shape index (κ3) is 3.35. The van der Waals surface area contributed by atoms with Crippen LogP contribution in [-0.2, 0) is 6.18 Å². The van der Waals surface area contributed by atoms with Crippen LogP contribution >= 0.6 is 0 Å². The van der Waals surface area contributed by atoms with Crippen molar-refractivity contribution < 1.29 is 27.4 Å². The van der Waals surface area contributed by atoms with Crippen molar-refractivity contribution in [3.8, 4) is 11.6 Å². The summed E-state index contributed by atoms with van der Waals surface area (Å²) in [5, 5.41) is 0.862. The van der Waals surface area contributed by atoms with Crippen molar-refractivity contribution in [3.05, 3.63) is 53.9 Å². The number of nitrogens with zero attached hydrogens (tertiary/aromatic N) is 2. The summed E-state index contributed by atoms with van der Waals surface area (Å²) in [6.45, 7) is 0.372. The second kappa shape index (κ2) is 6.74. The first kappa shape index (κ1) is 18.1. The standard InChI is InChI=1S/C19H16F3N3O3/c1-27-12-5-4-11-7-16(24-15(11)8-12)18(26)25-9-13(10-25)28-17-14(19(20,21)22)3-2-6-23-17/h2-8,13,24H,9-10H2,1H3. The van der Waals surface area contributed by atoms with Gasteiger partial charge in [-0.05, 0) is 30.3 Å². The Kier molecular flexibility index (Phi) is 4.37. The molecule has 0 saturated carbocycles. The van der Waals surface area contributed by atoms with Gasteiger partial charge in [-0.1, -0.05) is 0 Å². The molecule has 146 valence electrons. The molecule has 2 aromatic heterocycles. The molecule has 0 atom stereocenters. The van der Waals surface area contributed by atoms with Gasteiger partial charge in [0.2, 0.25) is 5.88 Å². The van der Waals surface area contributed by atoms with Crippen LogP contribution in [0.15, 0.2) is 42.6 Å². The number of pyridine rings is 1. The highest BCUT2D eigenvalue weighted by Gasteiger charge is 2.38. The average molecular weight is 391 g/mol. The normalized spacial score (nSPS) is 14.8. The quantitative estimate of drug-likeness (QED) is 0.739. The smallest absolute Gasteiger partial charge is 0.421 e. The Morgan fingerprint density at radius 2 is 2.04 bits per heavy atom. The fourth-order valence-electron chi connectivity index (χ4n) is 3.06. The molecule has 1 N–H and O–H groups in total. The summed E-state index contributed by atoms with van der Waals surface area (Å²) in [5.74, 6) is -0.0431. The second-order valence-electron chi connectivity index (χ2n) is 6.44. The Labute approximate surface area is 157 Å². The molecule has 0 aliphatic carbocycles. The molecule has 0 radical (unpaired) electrons. The van der Waals surface area contributed by atoms with E-state index in [1.54, 1.807) is 25.3 Å². The lowest BCUT2D eigenvalue weighted by Crippen LogP contribution is -2.56. The zero-order valence-electron chi connectivity index (χ0n) is 14.8. The first-order chi connectivity index (χ1) is 13.3. The Morgan fingerprint density at radius 1 is 1.25 bits per heavy atom. The van der Waals surface area contributed by atoms with Crippen molar-refractivity contribution in [2.24, 2.45) is 0 Å². The second-order valence-corrected chi connectivity index (χ2v) is 6.44. The molecule has 0 spiro atoms. The molecule has 6 nitrogen and oxygen atoms in total. The van der Waals surface area contributed by atoms with Gasteiger partial charge in [-0.3, -0.25) is 4.79 Å². The van der Waals surface area contributed by atoms with Gasteiger partial charge >= 0.3 is 6.18 Å². The molecule has 0 unspecified atom stereocenters. The van der Waals surface area contributed by atoms with Gasteiger partial charge in [0, 0.05) is 23.2 Å². The number of fused-ring (bicyclic) bond motifs is 1. The number of benzene rings is 1. The zero-order valence-corrected chi connectivity index (χ0v) is 14.8. The van der Waals surface area contributed by atoms with E-state index >= 15 is 0 Å². The van der Waals surface area contributed by atoms with Crippen LogP contribution in [0.2, 0.25) is 0 Å². The molecule has 1 amide bonds. The number of hydrogen-bond donors (Lipinski definition) is 1. The minimum absolute atomic E-state index is 0.186. The van der Waals surface area contributed by atoms with Crippen LogP contribution < -0.4 is 9.47 Å². The maximum absolute atomic E-state index is 13.0. The zero-order chi connectivity index (χ0) is 19.9. The van der Waals surface area contributed by atoms with E-state index in [0.717, 1.165) is 17.0 Å². The van der Waals surface area contributed by atoms with Crippen molar-refractivity contribution >= 4 is 16.8 Å². The summed E-state index contributed by atoms with van der Waals surface area (Å²) in [7, 11) is 1.56. The van der Waals surface area contributed by atoms with Crippen molar-refractivity contribution in [2.45, 2.75) is 12.3 Å². The SMILES string of the molecule is COc1ccc2cc(C(=O)N3CC(Oc4ncccc4C(F)(F)F)C3)[nH]c2c1. The lowest BCUT2D eigenvalue weighted by Gasteiger charge is -2.38. The summed E-state index contributed by atoms with van der Waals surface area (Å²) < 4.78 is 49.5. The predicted octanol–water partition coefficient (Wildman–Crippen LogP) is 3.49. The molecular formula is C19H16F3N3O3. The summed E-state index contributed by atoms with van der Waals surface area (Å²) >= 11 is 0. The third-order valence-electron chi connectivity index (χ3n) is 4.55. The van der Waals surface area contributed by atoms with Crippen LogP contribution in [0.1, 0.15) is 16.1 Å². The number of aromatic amines is 1. The highest BCUT2D eigenvalue weighted by atomic mass is 19.4. The molecule has 9 heteroatoms. The van der Waals surface area contributed by atoms with Gasteiger partial charge in [-0.15, -0.1) is 0 Å². The van der Waals surface area contributed by atoms with E-state index < -0.39 is 23.7 Å². The van der Waals surface area contributed by atoms with E-state index in [0.29, 0.717) is 11.4 Å². The molecule has 1 saturated heterocycles. The monoisotopic (exact) mass is 391 g/mol. The number of hydrogen-bond acceptors (Lipinski definition) is 4. The number of H-pyrrole nitrogens is 1. The molecule has 1 aromatic carbocycles. The molecule has 1 aliphatic rings.